The fourth-order valence-electron chi connectivity index (χ4n) is 8.71. The molecule has 0 aromatic heterocycles. The van der Waals surface area contributed by atoms with Gasteiger partial charge in [-0.05, 0) is 61.3 Å². The molecule has 26 heavy (non-hydrogen) atoms. The van der Waals surface area contributed by atoms with Crippen LogP contribution in [0.2, 0.25) is 0 Å². The zero-order chi connectivity index (χ0) is 18.3. The molecule has 0 aromatic rings. The van der Waals surface area contributed by atoms with Crippen LogP contribution in [-0.4, -0.2) is 36.0 Å². The number of esters is 1. The van der Waals surface area contributed by atoms with Gasteiger partial charge in [-0.1, -0.05) is 20.8 Å². The van der Waals surface area contributed by atoms with E-state index in [1.807, 2.05) is 0 Å². The number of fused-ring (bicyclic) bond motifs is 4. The van der Waals surface area contributed by atoms with Crippen LogP contribution < -0.4 is 0 Å². The number of ether oxygens (including phenoxy) is 2. The summed E-state index contributed by atoms with van der Waals surface area (Å²) in [5.41, 5.74) is 1.90. The average Bonchev–Trinajstić information content (AvgIpc) is 3.46. The van der Waals surface area contributed by atoms with Crippen LogP contribution in [0.4, 0.5) is 0 Å². The maximum Gasteiger partial charge on any atom is 0.334 e. The van der Waals surface area contributed by atoms with Gasteiger partial charge in [0.1, 0.15) is 6.61 Å². The van der Waals surface area contributed by atoms with E-state index in [4.69, 9.17) is 9.47 Å². The Labute approximate surface area is 155 Å². The molecule has 2 aliphatic heterocycles. The Bertz CT molecular complexity index is 770. The van der Waals surface area contributed by atoms with Crippen LogP contribution in [0.5, 0.6) is 0 Å². The second-order valence-corrected chi connectivity index (χ2v) is 10.7. The van der Waals surface area contributed by atoms with Gasteiger partial charge in [0.15, 0.2) is 0 Å². The van der Waals surface area contributed by atoms with Crippen molar-refractivity contribution in [1.82, 2.24) is 0 Å². The Morgan fingerprint density at radius 2 is 1.96 bits per heavy atom. The molecule has 2 heterocycles. The topological polar surface area (TPSA) is 55.8 Å². The van der Waals surface area contributed by atoms with Crippen LogP contribution in [0.1, 0.15) is 53.4 Å². The van der Waals surface area contributed by atoms with E-state index < -0.39 is 5.60 Å². The molecule has 142 valence electrons. The Morgan fingerprint density at radius 1 is 1.19 bits per heavy atom. The third-order valence-electron chi connectivity index (χ3n) is 10.2. The highest BCUT2D eigenvalue weighted by molar-refractivity contribution is 5.92. The lowest BCUT2D eigenvalue weighted by Gasteiger charge is -2.63. The number of carbonyl (C=O) groups excluding carboxylic acids is 1. The molecule has 4 nitrogen and oxygen atoms in total. The lowest BCUT2D eigenvalue weighted by atomic mass is 9.48. The average molecular weight is 358 g/mol. The summed E-state index contributed by atoms with van der Waals surface area (Å²) >= 11 is 0. The third kappa shape index (κ3) is 1.33. The van der Waals surface area contributed by atoms with Gasteiger partial charge >= 0.3 is 5.97 Å². The van der Waals surface area contributed by atoms with Crippen molar-refractivity contribution in [2.75, 3.05) is 13.2 Å². The number of cyclic esters (lactones) is 1. The van der Waals surface area contributed by atoms with Crippen molar-refractivity contribution in [1.29, 1.82) is 0 Å². The van der Waals surface area contributed by atoms with Gasteiger partial charge in [0.2, 0.25) is 0 Å². The van der Waals surface area contributed by atoms with Crippen molar-refractivity contribution >= 4 is 5.97 Å². The Kier molecular flexibility index (Phi) is 2.63. The van der Waals surface area contributed by atoms with Gasteiger partial charge in [-0.3, -0.25) is 0 Å². The Hall–Kier alpha value is -0.870. The number of hydrogen-bond acceptors (Lipinski definition) is 4. The highest BCUT2D eigenvalue weighted by Gasteiger charge is 2.89. The van der Waals surface area contributed by atoms with E-state index in [9.17, 15) is 9.90 Å². The Balaban J connectivity index is 1.48. The van der Waals surface area contributed by atoms with Crippen molar-refractivity contribution in [2.45, 2.75) is 65.1 Å². The van der Waals surface area contributed by atoms with Crippen molar-refractivity contribution in [3.8, 4) is 0 Å². The molecule has 1 N–H and O–H groups in total. The standard InChI is InChI=1S/C22H30O4/c1-11(2)21-7-14(21)15-8-22(15)19(3)6-5-12-13(9-25-17(12)23)16(19)10-26-20(22,4)18(21)24/h11,14-16,18,24H,5-10H2,1-4H3/t14-,15-,16-,18-,19-,20+,21+,22-/m0/s1. The summed E-state index contributed by atoms with van der Waals surface area (Å²) in [6, 6.07) is 0. The second kappa shape index (κ2) is 4.25. The molecule has 8 atom stereocenters. The first kappa shape index (κ1) is 16.1. The van der Waals surface area contributed by atoms with E-state index in [2.05, 4.69) is 27.7 Å². The zero-order valence-corrected chi connectivity index (χ0v) is 16.3. The zero-order valence-electron chi connectivity index (χ0n) is 16.3. The normalized spacial score (nSPS) is 59.1. The monoisotopic (exact) mass is 358 g/mol. The number of aliphatic hydroxyl groups excluding tert-OH is 1. The molecule has 0 aromatic carbocycles. The van der Waals surface area contributed by atoms with Gasteiger partial charge in [0.25, 0.3) is 0 Å². The highest BCUT2D eigenvalue weighted by atomic mass is 16.5. The van der Waals surface area contributed by atoms with E-state index in [1.54, 1.807) is 0 Å². The van der Waals surface area contributed by atoms with Crippen LogP contribution in [-0.2, 0) is 14.3 Å². The van der Waals surface area contributed by atoms with Gasteiger partial charge in [-0.2, -0.15) is 0 Å². The van der Waals surface area contributed by atoms with Crippen LogP contribution in [0.25, 0.3) is 0 Å². The van der Waals surface area contributed by atoms with Crippen LogP contribution in [0, 0.1) is 39.9 Å². The van der Waals surface area contributed by atoms with Gasteiger partial charge in [-0.25, -0.2) is 4.79 Å². The SMILES string of the molecule is CC(C)[C@]12C[C@H]1[C@@H]1C[C@@]13[C@@]1(C)CCC4=C(COC4=O)[C@@H]1CO[C@]3(C)[C@@H]2O. The number of carbonyl (C=O) groups is 1. The summed E-state index contributed by atoms with van der Waals surface area (Å²) in [4.78, 5) is 12.1. The lowest BCUT2D eigenvalue weighted by molar-refractivity contribution is -0.276. The van der Waals surface area contributed by atoms with Gasteiger partial charge < -0.3 is 14.6 Å². The summed E-state index contributed by atoms with van der Waals surface area (Å²) in [7, 11) is 0. The van der Waals surface area contributed by atoms with Gasteiger partial charge in [0, 0.05) is 22.3 Å². The maximum absolute atomic E-state index is 12.1. The fraction of sp³-hybridized carbons (Fsp3) is 0.864. The van der Waals surface area contributed by atoms with E-state index in [0.29, 0.717) is 31.0 Å². The second-order valence-electron chi connectivity index (χ2n) is 10.7. The minimum Gasteiger partial charge on any atom is -0.458 e. The third-order valence-corrected chi connectivity index (χ3v) is 10.2. The van der Waals surface area contributed by atoms with Crippen LogP contribution in [0.15, 0.2) is 11.1 Å². The van der Waals surface area contributed by atoms with Crippen molar-refractivity contribution in [3.63, 3.8) is 0 Å². The fourth-order valence-corrected chi connectivity index (χ4v) is 8.71. The molecule has 6 aliphatic rings. The lowest BCUT2D eigenvalue weighted by Crippen LogP contribution is -2.68. The minimum atomic E-state index is -0.457. The molecular weight excluding hydrogens is 328 g/mol. The summed E-state index contributed by atoms with van der Waals surface area (Å²) in [6.07, 6.45) is 3.82. The first-order valence-electron chi connectivity index (χ1n) is 10.4. The van der Waals surface area contributed by atoms with E-state index >= 15 is 0 Å². The first-order valence-corrected chi connectivity index (χ1v) is 10.4. The quantitative estimate of drug-likeness (QED) is 0.732. The predicted molar refractivity (Wildman–Crippen MR) is 95.1 cm³/mol. The summed E-state index contributed by atoms with van der Waals surface area (Å²) in [5.74, 6) is 1.99. The molecule has 0 radical (unpaired) electrons. The summed E-state index contributed by atoms with van der Waals surface area (Å²) in [5, 5.41) is 11.6. The van der Waals surface area contributed by atoms with Crippen molar-refractivity contribution in [2.24, 2.45) is 39.9 Å². The molecule has 4 fully saturated rings. The molecule has 0 unspecified atom stereocenters. The first-order chi connectivity index (χ1) is 12.2. The number of aliphatic hydroxyl groups is 1. The molecule has 0 bridgehead atoms. The van der Waals surface area contributed by atoms with Crippen molar-refractivity contribution < 1.29 is 19.4 Å². The van der Waals surface area contributed by atoms with E-state index in [1.165, 1.54) is 12.0 Å². The smallest absolute Gasteiger partial charge is 0.334 e. The molecule has 4 heteroatoms. The van der Waals surface area contributed by atoms with Gasteiger partial charge in [-0.15, -0.1) is 0 Å². The molecule has 1 spiro atoms. The molecule has 4 aliphatic carbocycles. The minimum absolute atomic E-state index is 0.0616. The van der Waals surface area contributed by atoms with Crippen LogP contribution in [0.3, 0.4) is 0 Å². The summed E-state index contributed by atoms with van der Waals surface area (Å²) < 4.78 is 12.0. The Morgan fingerprint density at radius 3 is 2.69 bits per heavy atom. The van der Waals surface area contributed by atoms with Crippen molar-refractivity contribution in [3.05, 3.63) is 11.1 Å². The molecule has 0 amide bonds. The molecule has 6 rings (SSSR count). The maximum atomic E-state index is 12.1. The molecular formula is C22H30O4. The number of rotatable bonds is 1. The molecule has 1 saturated heterocycles. The summed E-state index contributed by atoms with van der Waals surface area (Å²) in [6.45, 7) is 10.3. The van der Waals surface area contributed by atoms with E-state index in [0.717, 1.165) is 24.8 Å². The van der Waals surface area contributed by atoms with Gasteiger partial charge in [0.05, 0.1) is 18.3 Å². The molecule has 3 saturated carbocycles. The highest BCUT2D eigenvalue weighted by Crippen LogP contribution is 2.88. The predicted octanol–water partition coefficient (Wildman–Crippen LogP) is 3.09. The number of hydrogen-bond donors (Lipinski definition) is 1. The van der Waals surface area contributed by atoms with Crippen LogP contribution >= 0.6 is 0 Å². The largest absolute Gasteiger partial charge is 0.458 e. The van der Waals surface area contributed by atoms with E-state index in [-0.39, 0.29) is 34.2 Å².